The molecule has 18 heavy (non-hydrogen) atoms. The number of rotatable bonds is 6. The minimum atomic E-state index is -3.72. The van der Waals surface area contributed by atoms with Crippen molar-refractivity contribution in [3.8, 4) is 0 Å². The van der Waals surface area contributed by atoms with Gasteiger partial charge >= 0.3 is 10.2 Å². The van der Waals surface area contributed by atoms with Crippen LogP contribution in [0.25, 0.3) is 0 Å². The lowest BCUT2D eigenvalue weighted by Gasteiger charge is -2.25. The fraction of sp³-hybridized carbons (Fsp3) is 0.455. The zero-order chi connectivity index (χ0) is 13.8. The topological polar surface area (TPSA) is 40.6 Å². The number of halogens is 2. The molecule has 0 fully saturated rings. The van der Waals surface area contributed by atoms with Crippen molar-refractivity contribution in [2.75, 3.05) is 30.8 Å². The lowest BCUT2D eigenvalue weighted by Crippen LogP contribution is -2.40. The summed E-state index contributed by atoms with van der Waals surface area (Å²) in [4.78, 5) is 0. The number of anilines is 1. The average molecular weight is 295 g/mol. The second-order valence-corrected chi connectivity index (χ2v) is 6.24. The monoisotopic (exact) mass is 294 g/mol. The van der Waals surface area contributed by atoms with Crippen LogP contribution in [0, 0.1) is 5.82 Å². The smallest absolute Gasteiger partial charge is 0.258 e. The van der Waals surface area contributed by atoms with Crippen LogP contribution >= 0.6 is 11.6 Å². The number of hydrogen-bond acceptors (Lipinski definition) is 2. The molecule has 102 valence electrons. The Labute approximate surface area is 112 Å². The highest BCUT2D eigenvalue weighted by Crippen LogP contribution is 2.21. The quantitative estimate of drug-likeness (QED) is 0.754. The van der Waals surface area contributed by atoms with Gasteiger partial charge in [-0.25, -0.2) is 4.39 Å². The van der Waals surface area contributed by atoms with Crippen LogP contribution in [0.4, 0.5) is 10.1 Å². The number of nitrogens with zero attached hydrogens (tertiary/aromatic N) is 2. The van der Waals surface area contributed by atoms with Crippen LogP contribution in [-0.2, 0) is 10.2 Å². The van der Waals surface area contributed by atoms with Gasteiger partial charge in [-0.3, -0.25) is 4.31 Å². The Balaban J connectivity index is 2.95. The van der Waals surface area contributed by atoms with Crippen LogP contribution in [0.3, 0.4) is 0 Å². The molecule has 0 heterocycles. The molecular weight excluding hydrogens is 279 g/mol. The molecule has 0 radical (unpaired) electrons. The Kier molecular flexibility index (Phi) is 5.37. The summed E-state index contributed by atoms with van der Waals surface area (Å²) in [6.45, 7) is 0.296. The first-order valence-corrected chi connectivity index (χ1v) is 7.35. The molecule has 0 aliphatic carbocycles. The van der Waals surface area contributed by atoms with Crippen molar-refractivity contribution in [2.24, 2.45) is 0 Å². The van der Waals surface area contributed by atoms with E-state index in [1.165, 1.54) is 32.3 Å². The van der Waals surface area contributed by atoms with Crippen LogP contribution in [0.1, 0.15) is 6.42 Å². The zero-order valence-electron chi connectivity index (χ0n) is 10.3. The van der Waals surface area contributed by atoms with Crippen molar-refractivity contribution in [3.05, 3.63) is 30.1 Å². The van der Waals surface area contributed by atoms with E-state index in [1.54, 1.807) is 6.07 Å². The van der Waals surface area contributed by atoms with E-state index in [0.29, 0.717) is 18.8 Å². The molecule has 0 atom stereocenters. The number of hydrogen-bond donors (Lipinski definition) is 0. The van der Waals surface area contributed by atoms with Gasteiger partial charge in [0.1, 0.15) is 5.82 Å². The summed E-state index contributed by atoms with van der Waals surface area (Å²) < 4.78 is 39.9. The third kappa shape index (κ3) is 3.34. The predicted octanol–water partition coefficient (Wildman–Crippen LogP) is 2.07. The molecule has 0 aromatic heterocycles. The van der Waals surface area contributed by atoms with E-state index in [1.807, 2.05) is 0 Å². The minimum absolute atomic E-state index is 0.0234. The Morgan fingerprint density at radius 2 is 1.89 bits per heavy atom. The summed E-state index contributed by atoms with van der Waals surface area (Å²) >= 11 is 5.52. The van der Waals surface area contributed by atoms with Crippen LogP contribution in [0.15, 0.2) is 24.3 Å². The highest BCUT2D eigenvalue weighted by atomic mass is 35.5. The molecule has 0 amide bonds. The van der Waals surface area contributed by atoms with Crippen molar-refractivity contribution >= 4 is 27.5 Å². The summed E-state index contributed by atoms with van der Waals surface area (Å²) in [5, 5.41) is 0. The van der Waals surface area contributed by atoms with Crippen molar-refractivity contribution in [1.82, 2.24) is 4.31 Å². The van der Waals surface area contributed by atoms with E-state index in [-0.39, 0.29) is 5.69 Å². The summed E-state index contributed by atoms with van der Waals surface area (Å²) in [5.74, 6) is -0.196. The first kappa shape index (κ1) is 15.2. The van der Waals surface area contributed by atoms with Crippen molar-refractivity contribution in [1.29, 1.82) is 0 Å². The van der Waals surface area contributed by atoms with Gasteiger partial charge in [0.05, 0.1) is 5.69 Å². The first-order chi connectivity index (χ1) is 8.41. The Bertz CT molecular complexity index is 496. The largest absolute Gasteiger partial charge is 0.303 e. The molecular formula is C11H16ClFN2O2S. The predicted molar refractivity (Wildman–Crippen MR) is 71.7 cm³/mol. The number of para-hydroxylation sites is 1. The SMILES string of the molecule is CN(CCCCl)S(=O)(=O)N(C)c1ccccc1F. The summed E-state index contributed by atoms with van der Waals surface area (Å²) in [6.07, 6.45) is 0.544. The highest BCUT2D eigenvalue weighted by Gasteiger charge is 2.25. The maximum Gasteiger partial charge on any atom is 0.303 e. The summed E-state index contributed by atoms with van der Waals surface area (Å²) in [6, 6.07) is 5.74. The van der Waals surface area contributed by atoms with Crippen molar-refractivity contribution in [3.63, 3.8) is 0 Å². The molecule has 0 unspecified atom stereocenters. The second-order valence-electron chi connectivity index (χ2n) is 3.79. The normalized spacial score (nSPS) is 11.8. The van der Waals surface area contributed by atoms with Gasteiger partial charge in [-0.2, -0.15) is 12.7 Å². The van der Waals surface area contributed by atoms with Crippen LogP contribution in [0.5, 0.6) is 0 Å². The molecule has 4 nitrogen and oxygen atoms in total. The Morgan fingerprint density at radius 1 is 1.28 bits per heavy atom. The highest BCUT2D eigenvalue weighted by molar-refractivity contribution is 7.90. The molecule has 0 bridgehead atoms. The number of alkyl halides is 1. The lowest BCUT2D eigenvalue weighted by atomic mass is 10.3. The minimum Gasteiger partial charge on any atom is -0.258 e. The summed E-state index contributed by atoms with van der Waals surface area (Å²) in [5.41, 5.74) is 0.0234. The van der Waals surface area contributed by atoms with Gasteiger partial charge in [0.15, 0.2) is 0 Å². The molecule has 0 aliphatic rings. The van der Waals surface area contributed by atoms with Gasteiger partial charge in [-0.15, -0.1) is 11.6 Å². The first-order valence-electron chi connectivity index (χ1n) is 5.42. The van der Waals surface area contributed by atoms with Gasteiger partial charge in [-0.05, 0) is 18.6 Å². The Hall–Kier alpha value is -0.850. The van der Waals surface area contributed by atoms with Gasteiger partial charge in [0, 0.05) is 26.5 Å². The zero-order valence-corrected chi connectivity index (χ0v) is 11.9. The number of benzene rings is 1. The average Bonchev–Trinajstić information content (AvgIpc) is 2.35. The summed E-state index contributed by atoms with van der Waals surface area (Å²) in [7, 11) is -0.951. The molecule has 0 saturated heterocycles. The van der Waals surface area contributed by atoms with E-state index in [0.717, 1.165) is 8.61 Å². The van der Waals surface area contributed by atoms with E-state index in [2.05, 4.69) is 0 Å². The standard InChI is InChI=1S/C11H16ClFN2O2S/c1-14(9-5-8-12)18(16,17)15(2)11-7-4-3-6-10(11)13/h3-4,6-7H,5,8-9H2,1-2H3. The lowest BCUT2D eigenvalue weighted by molar-refractivity contribution is 0.467. The molecule has 7 heteroatoms. The molecule has 0 saturated carbocycles. The third-order valence-corrected chi connectivity index (χ3v) is 4.66. The molecule has 1 aromatic carbocycles. The van der Waals surface area contributed by atoms with Gasteiger partial charge in [-0.1, -0.05) is 12.1 Å². The van der Waals surface area contributed by atoms with Crippen molar-refractivity contribution in [2.45, 2.75) is 6.42 Å². The fourth-order valence-electron chi connectivity index (χ4n) is 1.44. The van der Waals surface area contributed by atoms with Crippen LogP contribution in [-0.4, -0.2) is 39.2 Å². The third-order valence-electron chi connectivity index (χ3n) is 2.54. The van der Waals surface area contributed by atoms with Gasteiger partial charge < -0.3 is 0 Å². The van der Waals surface area contributed by atoms with Crippen molar-refractivity contribution < 1.29 is 12.8 Å². The maximum absolute atomic E-state index is 13.5. The molecule has 0 N–H and O–H groups in total. The van der Waals surface area contributed by atoms with Crippen LogP contribution < -0.4 is 4.31 Å². The molecule has 1 aromatic rings. The van der Waals surface area contributed by atoms with Gasteiger partial charge in [0.2, 0.25) is 0 Å². The van der Waals surface area contributed by atoms with E-state index in [4.69, 9.17) is 11.6 Å². The Morgan fingerprint density at radius 3 is 2.44 bits per heavy atom. The molecule has 0 aliphatic heterocycles. The maximum atomic E-state index is 13.5. The van der Waals surface area contributed by atoms with Crippen LogP contribution in [0.2, 0.25) is 0 Å². The van der Waals surface area contributed by atoms with E-state index in [9.17, 15) is 12.8 Å². The second kappa shape index (κ2) is 6.36. The van der Waals surface area contributed by atoms with Gasteiger partial charge in [0.25, 0.3) is 0 Å². The molecule has 0 spiro atoms. The van der Waals surface area contributed by atoms with E-state index >= 15 is 0 Å². The van der Waals surface area contributed by atoms with E-state index < -0.39 is 16.0 Å². The molecule has 1 rings (SSSR count). The fourth-order valence-corrected chi connectivity index (χ4v) is 2.73.